The average molecular weight is 344 g/mol. The Morgan fingerprint density at radius 3 is 1.62 bits per heavy atom. The lowest BCUT2D eigenvalue weighted by Gasteiger charge is -2.06. The lowest BCUT2D eigenvalue weighted by Crippen LogP contribution is -2.12. The van der Waals surface area contributed by atoms with Crippen LogP contribution in [0.3, 0.4) is 0 Å². The molecule has 0 rings (SSSR count). The zero-order valence-corrected chi connectivity index (χ0v) is 11.8. The first-order chi connectivity index (χ1) is 7.91. The maximum atomic E-state index is 5.30. The molecule has 0 aromatic heterocycles. The quantitative estimate of drug-likeness (QED) is 0.220. The number of hydrogen-bond donors (Lipinski definition) is 0. The van der Waals surface area contributed by atoms with Crippen LogP contribution in [0.25, 0.3) is 0 Å². The molecule has 0 N–H and O–H groups in total. The minimum Gasteiger partial charge on any atom is -0.378 e. The number of halogens is 1. The molecule has 0 aliphatic heterocycles. The predicted octanol–water partition coefficient (Wildman–Crippen LogP) is 1.67. The highest BCUT2D eigenvalue weighted by molar-refractivity contribution is 14.1. The molecule has 0 heterocycles. The summed E-state index contributed by atoms with van der Waals surface area (Å²) in [5.41, 5.74) is 0. The Balaban J connectivity index is 2.85. The van der Waals surface area contributed by atoms with Crippen LogP contribution in [-0.2, 0) is 18.9 Å². The highest BCUT2D eigenvalue weighted by Gasteiger charge is 1.91. The third-order valence-corrected chi connectivity index (χ3v) is 2.01. The van der Waals surface area contributed by atoms with Crippen LogP contribution >= 0.6 is 22.6 Å². The molecular weight excluding hydrogens is 323 g/mol. The molecule has 16 heavy (non-hydrogen) atoms. The van der Waals surface area contributed by atoms with E-state index in [-0.39, 0.29) is 0 Å². The van der Waals surface area contributed by atoms with Gasteiger partial charge in [0.05, 0.1) is 52.9 Å². The van der Waals surface area contributed by atoms with Crippen LogP contribution in [0.1, 0.15) is 0 Å². The lowest BCUT2D eigenvalue weighted by molar-refractivity contribution is 0.00284. The van der Waals surface area contributed by atoms with Crippen molar-refractivity contribution in [3.63, 3.8) is 0 Å². The molecule has 0 aliphatic rings. The highest BCUT2D eigenvalue weighted by Crippen LogP contribution is 1.85. The summed E-state index contributed by atoms with van der Waals surface area (Å²) in [5, 5.41) is 0. The predicted molar refractivity (Wildman–Crippen MR) is 72.4 cm³/mol. The molecule has 0 spiro atoms. The molecule has 0 unspecified atom stereocenters. The fourth-order valence-electron chi connectivity index (χ4n) is 0.881. The summed E-state index contributed by atoms with van der Waals surface area (Å²) in [6.07, 6.45) is 1.72. The van der Waals surface area contributed by atoms with Gasteiger partial charge in [0.2, 0.25) is 0 Å². The van der Waals surface area contributed by atoms with Gasteiger partial charge in [-0.25, -0.2) is 0 Å². The molecule has 0 atom stereocenters. The first-order valence-corrected chi connectivity index (χ1v) is 6.92. The van der Waals surface area contributed by atoms with E-state index in [0.717, 1.165) is 11.0 Å². The van der Waals surface area contributed by atoms with Crippen molar-refractivity contribution < 1.29 is 18.9 Å². The Kier molecular flexibility index (Phi) is 15.6. The van der Waals surface area contributed by atoms with Gasteiger partial charge in [-0.05, 0) is 0 Å². The van der Waals surface area contributed by atoms with Gasteiger partial charge in [-0.15, -0.1) is 6.58 Å². The van der Waals surface area contributed by atoms with E-state index in [1.165, 1.54) is 0 Å². The van der Waals surface area contributed by atoms with E-state index in [1.807, 2.05) is 0 Å². The van der Waals surface area contributed by atoms with Crippen molar-refractivity contribution in [2.24, 2.45) is 0 Å². The van der Waals surface area contributed by atoms with Gasteiger partial charge in [0.15, 0.2) is 0 Å². The maximum absolute atomic E-state index is 5.30. The van der Waals surface area contributed by atoms with E-state index >= 15 is 0 Å². The van der Waals surface area contributed by atoms with Crippen LogP contribution in [0.5, 0.6) is 0 Å². The molecule has 0 saturated carbocycles. The first-order valence-electron chi connectivity index (χ1n) is 5.39. The van der Waals surface area contributed by atoms with Crippen LogP contribution in [0, 0.1) is 0 Å². The van der Waals surface area contributed by atoms with Crippen molar-refractivity contribution in [2.75, 3.05) is 57.3 Å². The van der Waals surface area contributed by atoms with Gasteiger partial charge >= 0.3 is 0 Å². The minimum atomic E-state index is 0.577. The number of rotatable bonds is 13. The van der Waals surface area contributed by atoms with Crippen molar-refractivity contribution in [3.05, 3.63) is 12.7 Å². The molecule has 0 bridgehead atoms. The van der Waals surface area contributed by atoms with E-state index in [9.17, 15) is 0 Å². The Labute approximate surface area is 111 Å². The zero-order valence-electron chi connectivity index (χ0n) is 9.66. The highest BCUT2D eigenvalue weighted by atomic mass is 127. The Morgan fingerprint density at radius 2 is 1.19 bits per heavy atom. The van der Waals surface area contributed by atoms with Crippen LogP contribution < -0.4 is 0 Å². The Morgan fingerprint density at radius 1 is 0.750 bits per heavy atom. The topological polar surface area (TPSA) is 36.9 Å². The van der Waals surface area contributed by atoms with Crippen molar-refractivity contribution in [1.82, 2.24) is 0 Å². The molecule has 96 valence electrons. The number of ether oxygens (including phenoxy) is 4. The Bertz CT molecular complexity index is 144. The van der Waals surface area contributed by atoms with Crippen molar-refractivity contribution in [3.8, 4) is 0 Å². The largest absolute Gasteiger partial charge is 0.378 e. The summed E-state index contributed by atoms with van der Waals surface area (Å²) in [7, 11) is 0. The van der Waals surface area contributed by atoms with Crippen LogP contribution in [0.15, 0.2) is 12.7 Å². The van der Waals surface area contributed by atoms with E-state index in [4.69, 9.17) is 18.9 Å². The van der Waals surface area contributed by atoms with Gasteiger partial charge in [0.25, 0.3) is 0 Å². The number of alkyl halides is 1. The summed E-state index contributed by atoms with van der Waals surface area (Å²) in [6, 6.07) is 0. The lowest BCUT2D eigenvalue weighted by atomic mass is 10.6. The second kappa shape index (κ2) is 15.3. The number of hydrogen-bond acceptors (Lipinski definition) is 4. The minimum absolute atomic E-state index is 0.577. The van der Waals surface area contributed by atoms with E-state index in [2.05, 4.69) is 29.2 Å². The molecule has 4 nitrogen and oxygen atoms in total. The second-order valence-corrected chi connectivity index (χ2v) is 3.97. The van der Waals surface area contributed by atoms with Crippen molar-refractivity contribution in [2.45, 2.75) is 0 Å². The third kappa shape index (κ3) is 14.3. The summed E-state index contributed by atoms with van der Waals surface area (Å²) in [6.45, 7) is 8.62. The van der Waals surface area contributed by atoms with Gasteiger partial charge in [-0.1, -0.05) is 28.7 Å². The molecular formula is C11H21IO4. The van der Waals surface area contributed by atoms with E-state index < -0.39 is 0 Å². The fraction of sp³-hybridized carbons (Fsp3) is 0.818. The first kappa shape index (κ1) is 16.3. The molecule has 0 fully saturated rings. The van der Waals surface area contributed by atoms with Gasteiger partial charge in [0, 0.05) is 4.43 Å². The summed E-state index contributed by atoms with van der Waals surface area (Å²) < 4.78 is 22.0. The molecule has 0 aliphatic carbocycles. The summed E-state index contributed by atoms with van der Waals surface area (Å²) >= 11 is 2.28. The monoisotopic (exact) mass is 344 g/mol. The average Bonchev–Trinajstić information content (AvgIpc) is 2.31. The zero-order chi connectivity index (χ0) is 11.9. The van der Waals surface area contributed by atoms with Gasteiger partial charge < -0.3 is 18.9 Å². The standard InChI is InChI=1S/C11H21IO4/c1-2-4-13-6-8-15-10-11-16-9-7-14-5-3-12/h2H,1,3-11H2. The van der Waals surface area contributed by atoms with Crippen LogP contribution in [0.2, 0.25) is 0 Å². The maximum Gasteiger partial charge on any atom is 0.0704 e. The molecule has 0 amide bonds. The molecule has 5 heteroatoms. The fourth-order valence-corrected chi connectivity index (χ4v) is 1.19. The molecule has 0 aromatic rings. The van der Waals surface area contributed by atoms with Gasteiger partial charge in [-0.2, -0.15) is 0 Å². The van der Waals surface area contributed by atoms with E-state index in [1.54, 1.807) is 6.08 Å². The molecule has 0 radical (unpaired) electrons. The summed E-state index contributed by atoms with van der Waals surface area (Å²) in [4.78, 5) is 0. The van der Waals surface area contributed by atoms with Crippen LogP contribution in [0.4, 0.5) is 0 Å². The second-order valence-electron chi connectivity index (χ2n) is 2.89. The van der Waals surface area contributed by atoms with Gasteiger partial charge in [-0.3, -0.25) is 0 Å². The molecule has 0 saturated heterocycles. The normalized spacial score (nSPS) is 10.6. The van der Waals surface area contributed by atoms with E-state index in [0.29, 0.717) is 46.2 Å². The smallest absolute Gasteiger partial charge is 0.0704 e. The SMILES string of the molecule is C=CCOCCOCCOCCOCCI. The van der Waals surface area contributed by atoms with Crippen molar-refractivity contribution >= 4 is 22.6 Å². The third-order valence-electron chi connectivity index (χ3n) is 1.57. The summed E-state index contributed by atoms with van der Waals surface area (Å²) in [5.74, 6) is 0. The van der Waals surface area contributed by atoms with Crippen molar-refractivity contribution in [1.29, 1.82) is 0 Å². The molecule has 0 aromatic carbocycles. The van der Waals surface area contributed by atoms with Crippen LogP contribution in [-0.4, -0.2) is 57.3 Å². The Hall–Kier alpha value is 0.310. The van der Waals surface area contributed by atoms with Gasteiger partial charge in [0.1, 0.15) is 0 Å².